The molecule has 148 valence electrons. The SMILES string of the molecule is O=C(C1CC(=O)N(c2ccccc2)C1)N1CCN(c2nc3cccnc3s2)CC1. The zero-order valence-electron chi connectivity index (χ0n) is 15.9. The number of amides is 2. The average Bonchev–Trinajstić information content (AvgIpc) is 3.37. The van der Waals surface area contributed by atoms with Crippen molar-refractivity contribution < 1.29 is 9.59 Å². The Morgan fingerprint density at radius 2 is 1.83 bits per heavy atom. The molecule has 0 N–H and O–H groups in total. The van der Waals surface area contributed by atoms with Gasteiger partial charge in [0.1, 0.15) is 10.3 Å². The van der Waals surface area contributed by atoms with Crippen molar-refractivity contribution in [2.45, 2.75) is 6.42 Å². The summed E-state index contributed by atoms with van der Waals surface area (Å²) in [5, 5.41) is 0.956. The molecule has 5 rings (SSSR count). The third kappa shape index (κ3) is 3.44. The van der Waals surface area contributed by atoms with E-state index in [1.165, 1.54) is 0 Å². The van der Waals surface area contributed by atoms with Crippen LogP contribution in [0.3, 0.4) is 0 Å². The molecule has 4 heterocycles. The Kier molecular flexibility index (Phi) is 4.63. The van der Waals surface area contributed by atoms with Crippen LogP contribution < -0.4 is 9.80 Å². The van der Waals surface area contributed by atoms with E-state index in [4.69, 9.17) is 0 Å². The minimum Gasteiger partial charge on any atom is -0.344 e. The lowest BCUT2D eigenvalue weighted by Gasteiger charge is -2.35. The van der Waals surface area contributed by atoms with Crippen molar-refractivity contribution in [3.05, 3.63) is 48.7 Å². The highest BCUT2D eigenvalue weighted by atomic mass is 32.1. The van der Waals surface area contributed by atoms with E-state index in [1.807, 2.05) is 47.4 Å². The van der Waals surface area contributed by atoms with Gasteiger partial charge in [-0.1, -0.05) is 29.5 Å². The molecule has 0 radical (unpaired) electrons. The van der Waals surface area contributed by atoms with Gasteiger partial charge >= 0.3 is 0 Å². The van der Waals surface area contributed by atoms with Crippen LogP contribution >= 0.6 is 11.3 Å². The Morgan fingerprint density at radius 1 is 1.03 bits per heavy atom. The predicted octanol–water partition coefficient (Wildman–Crippen LogP) is 2.39. The fraction of sp³-hybridized carbons (Fsp3) is 0.333. The molecular weight excluding hydrogens is 386 g/mol. The van der Waals surface area contributed by atoms with Crippen molar-refractivity contribution >= 4 is 44.3 Å². The Morgan fingerprint density at radius 3 is 2.59 bits per heavy atom. The van der Waals surface area contributed by atoms with Crippen molar-refractivity contribution in [2.24, 2.45) is 5.92 Å². The van der Waals surface area contributed by atoms with Gasteiger partial charge in [-0.15, -0.1) is 0 Å². The van der Waals surface area contributed by atoms with Crippen LogP contribution in [0.25, 0.3) is 10.3 Å². The summed E-state index contributed by atoms with van der Waals surface area (Å²) in [6.45, 7) is 3.26. The standard InChI is InChI=1S/C21H21N5O2S/c27-18-13-15(14-26(18)16-5-2-1-3-6-16)20(28)24-9-11-25(12-10-24)21-23-17-7-4-8-22-19(17)29-21/h1-8,15H,9-14H2. The lowest BCUT2D eigenvalue weighted by Crippen LogP contribution is -2.50. The zero-order chi connectivity index (χ0) is 19.8. The number of para-hydroxylation sites is 1. The lowest BCUT2D eigenvalue weighted by molar-refractivity contribution is -0.136. The van der Waals surface area contributed by atoms with Crippen molar-refractivity contribution in [2.75, 3.05) is 42.5 Å². The number of piperazine rings is 1. The molecule has 0 spiro atoms. The van der Waals surface area contributed by atoms with E-state index in [2.05, 4.69) is 14.9 Å². The highest BCUT2D eigenvalue weighted by Gasteiger charge is 2.38. The number of anilines is 2. The van der Waals surface area contributed by atoms with Gasteiger partial charge in [0.25, 0.3) is 0 Å². The number of pyridine rings is 1. The van der Waals surface area contributed by atoms with Gasteiger partial charge in [0, 0.05) is 51.0 Å². The number of hydrogen-bond donors (Lipinski definition) is 0. The summed E-state index contributed by atoms with van der Waals surface area (Å²) in [4.78, 5) is 41.2. The molecule has 2 saturated heterocycles. The third-order valence-electron chi connectivity index (χ3n) is 5.56. The van der Waals surface area contributed by atoms with E-state index in [0.717, 1.165) is 34.3 Å². The summed E-state index contributed by atoms with van der Waals surface area (Å²) in [5.74, 6) is -0.154. The maximum Gasteiger partial charge on any atom is 0.228 e. The van der Waals surface area contributed by atoms with Crippen molar-refractivity contribution in [1.29, 1.82) is 0 Å². The summed E-state index contributed by atoms with van der Waals surface area (Å²) in [6, 6.07) is 13.4. The molecule has 2 aliphatic heterocycles. The molecule has 2 aliphatic rings. The first-order valence-corrected chi connectivity index (χ1v) is 10.6. The Labute approximate surface area is 172 Å². The number of carbonyl (C=O) groups is 2. The van der Waals surface area contributed by atoms with Gasteiger partial charge in [-0.25, -0.2) is 9.97 Å². The largest absolute Gasteiger partial charge is 0.344 e. The first kappa shape index (κ1) is 18.1. The fourth-order valence-corrected chi connectivity index (χ4v) is 4.96. The fourth-order valence-electron chi connectivity index (χ4n) is 4.00. The summed E-state index contributed by atoms with van der Waals surface area (Å²) in [6.07, 6.45) is 2.07. The van der Waals surface area contributed by atoms with E-state index in [9.17, 15) is 9.59 Å². The molecule has 1 unspecified atom stereocenters. The molecule has 0 bridgehead atoms. The first-order valence-electron chi connectivity index (χ1n) is 9.80. The van der Waals surface area contributed by atoms with Gasteiger partial charge < -0.3 is 14.7 Å². The highest BCUT2D eigenvalue weighted by molar-refractivity contribution is 7.21. The van der Waals surface area contributed by atoms with Crippen LogP contribution in [0.2, 0.25) is 0 Å². The molecule has 8 heteroatoms. The lowest BCUT2D eigenvalue weighted by atomic mass is 10.1. The number of rotatable bonds is 3. The van der Waals surface area contributed by atoms with Gasteiger partial charge in [0.15, 0.2) is 5.13 Å². The van der Waals surface area contributed by atoms with Crippen molar-refractivity contribution in [3.8, 4) is 0 Å². The smallest absolute Gasteiger partial charge is 0.228 e. The Bertz CT molecular complexity index is 1010. The summed E-state index contributed by atoms with van der Waals surface area (Å²) in [7, 11) is 0. The number of nitrogens with zero attached hydrogens (tertiary/aromatic N) is 5. The van der Waals surface area contributed by atoms with Crippen LogP contribution in [0, 0.1) is 5.92 Å². The van der Waals surface area contributed by atoms with Gasteiger partial charge in [-0.05, 0) is 24.3 Å². The molecule has 0 saturated carbocycles. The maximum absolute atomic E-state index is 13.0. The molecule has 2 fully saturated rings. The van der Waals surface area contributed by atoms with Crippen molar-refractivity contribution in [3.63, 3.8) is 0 Å². The molecule has 2 amide bonds. The summed E-state index contributed by atoms with van der Waals surface area (Å²) in [5.41, 5.74) is 1.78. The van der Waals surface area contributed by atoms with E-state index in [-0.39, 0.29) is 24.2 Å². The molecule has 2 aromatic heterocycles. The molecule has 3 aromatic rings. The molecule has 0 aliphatic carbocycles. The number of hydrogen-bond acceptors (Lipinski definition) is 6. The Balaban J connectivity index is 1.22. The highest BCUT2D eigenvalue weighted by Crippen LogP contribution is 2.29. The van der Waals surface area contributed by atoms with Gasteiger partial charge in [-0.2, -0.15) is 0 Å². The minimum absolute atomic E-state index is 0.0233. The molecule has 7 nitrogen and oxygen atoms in total. The zero-order valence-corrected chi connectivity index (χ0v) is 16.7. The van der Waals surface area contributed by atoms with Crippen LogP contribution in [-0.4, -0.2) is 59.4 Å². The summed E-state index contributed by atoms with van der Waals surface area (Å²) < 4.78 is 0. The van der Waals surface area contributed by atoms with Crippen LogP contribution in [0.5, 0.6) is 0 Å². The van der Waals surface area contributed by atoms with Gasteiger partial charge in [-0.3, -0.25) is 9.59 Å². The van der Waals surface area contributed by atoms with E-state index < -0.39 is 0 Å². The van der Waals surface area contributed by atoms with Crippen LogP contribution in [0.4, 0.5) is 10.8 Å². The van der Waals surface area contributed by atoms with Gasteiger partial charge in [0.05, 0.1) is 5.92 Å². The molecular formula is C21H21N5O2S. The average molecular weight is 407 g/mol. The molecule has 1 aromatic carbocycles. The second-order valence-corrected chi connectivity index (χ2v) is 8.33. The van der Waals surface area contributed by atoms with Crippen LogP contribution in [0.1, 0.15) is 6.42 Å². The first-order chi connectivity index (χ1) is 14.2. The van der Waals surface area contributed by atoms with Gasteiger partial charge in [0.2, 0.25) is 11.8 Å². The number of carbonyl (C=O) groups excluding carboxylic acids is 2. The third-order valence-corrected chi connectivity index (χ3v) is 6.60. The van der Waals surface area contributed by atoms with Crippen LogP contribution in [0.15, 0.2) is 48.7 Å². The molecule has 29 heavy (non-hydrogen) atoms. The minimum atomic E-state index is -0.263. The van der Waals surface area contributed by atoms with E-state index in [0.29, 0.717) is 19.6 Å². The van der Waals surface area contributed by atoms with E-state index in [1.54, 1.807) is 22.4 Å². The number of thiazole rings is 1. The second-order valence-electron chi connectivity index (χ2n) is 7.38. The predicted molar refractivity (Wildman–Crippen MR) is 113 cm³/mol. The normalized spacial score (nSPS) is 19.9. The monoisotopic (exact) mass is 407 g/mol. The Hall–Kier alpha value is -3.00. The van der Waals surface area contributed by atoms with Crippen molar-refractivity contribution in [1.82, 2.24) is 14.9 Å². The maximum atomic E-state index is 13.0. The topological polar surface area (TPSA) is 69.6 Å². The number of aromatic nitrogens is 2. The van der Waals surface area contributed by atoms with E-state index >= 15 is 0 Å². The molecule has 1 atom stereocenters. The number of fused-ring (bicyclic) bond motifs is 1. The quantitative estimate of drug-likeness (QED) is 0.667. The summed E-state index contributed by atoms with van der Waals surface area (Å²) >= 11 is 1.59. The van der Waals surface area contributed by atoms with Crippen LogP contribution in [-0.2, 0) is 9.59 Å². The number of benzene rings is 1. The second kappa shape index (κ2) is 7.44.